The van der Waals surface area contributed by atoms with Crippen molar-refractivity contribution < 1.29 is 8.78 Å². The van der Waals surface area contributed by atoms with Gasteiger partial charge in [-0.15, -0.1) is 0 Å². The minimum Gasteiger partial charge on any atom is -0.354 e. The molecule has 2 N–H and O–H groups in total. The third kappa shape index (κ3) is 3.93. The highest BCUT2D eigenvalue weighted by atomic mass is 19.3. The van der Waals surface area contributed by atoms with Crippen LogP contribution in [0.1, 0.15) is 31.0 Å². The lowest BCUT2D eigenvalue weighted by atomic mass is 10.1. The molecule has 0 spiro atoms. The molecule has 1 aromatic heterocycles. The van der Waals surface area contributed by atoms with Crippen molar-refractivity contribution in [3.8, 4) is 0 Å². The lowest BCUT2D eigenvalue weighted by Gasteiger charge is -2.20. The van der Waals surface area contributed by atoms with Crippen LogP contribution in [0.4, 0.5) is 14.6 Å². The second-order valence-electron chi connectivity index (χ2n) is 4.39. The molecule has 5 heteroatoms. The number of hydrogen-bond donors (Lipinski definition) is 1. The molecule has 1 heterocycles. The third-order valence-corrected chi connectivity index (χ3v) is 2.52. The smallest absolute Gasteiger partial charge is 0.255 e. The van der Waals surface area contributed by atoms with E-state index < -0.39 is 6.43 Å². The molecule has 17 heavy (non-hydrogen) atoms. The molecule has 96 valence electrons. The number of rotatable bonds is 5. The fourth-order valence-corrected chi connectivity index (χ4v) is 1.50. The van der Waals surface area contributed by atoms with Crippen LogP contribution in [0.15, 0.2) is 12.1 Å². The molecule has 0 amide bonds. The van der Waals surface area contributed by atoms with Crippen LogP contribution in [0.25, 0.3) is 0 Å². The molecule has 1 rings (SSSR count). The van der Waals surface area contributed by atoms with Gasteiger partial charge in [0, 0.05) is 19.3 Å². The van der Waals surface area contributed by atoms with Gasteiger partial charge in [0.1, 0.15) is 5.82 Å². The third-order valence-electron chi connectivity index (χ3n) is 2.52. The van der Waals surface area contributed by atoms with E-state index in [1.54, 1.807) is 13.1 Å². The Kier molecular flexibility index (Phi) is 4.81. The maximum atomic E-state index is 12.3. The van der Waals surface area contributed by atoms with Crippen molar-refractivity contribution in [2.75, 3.05) is 18.5 Å². The van der Waals surface area contributed by atoms with Crippen LogP contribution < -0.4 is 10.6 Å². The largest absolute Gasteiger partial charge is 0.354 e. The Balaban J connectivity index is 3.01. The first-order chi connectivity index (χ1) is 7.93. The summed E-state index contributed by atoms with van der Waals surface area (Å²) in [6.45, 7) is 4.09. The summed E-state index contributed by atoms with van der Waals surface area (Å²) in [5.74, 6) is 0.803. The van der Waals surface area contributed by atoms with E-state index in [4.69, 9.17) is 5.73 Å². The van der Waals surface area contributed by atoms with Crippen LogP contribution in [-0.4, -0.2) is 25.0 Å². The van der Waals surface area contributed by atoms with Crippen molar-refractivity contribution in [1.29, 1.82) is 0 Å². The Bertz CT molecular complexity index is 367. The SMILES string of the molecule is CC(C)c1cc(CN)cc(N(C)CC(F)F)n1. The summed E-state index contributed by atoms with van der Waals surface area (Å²) in [7, 11) is 1.61. The Morgan fingerprint density at radius 2 is 2.00 bits per heavy atom. The predicted molar refractivity (Wildman–Crippen MR) is 65.5 cm³/mol. The Morgan fingerprint density at radius 3 is 2.47 bits per heavy atom. The first-order valence-corrected chi connectivity index (χ1v) is 5.64. The number of pyridine rings is 1. The van der Waals surface area contributed by atoms with E-state index in [9.17, 15) is 8.78 Å². The molecule has 0 saturated heterocycles. The molecular weight excluding hydrogens is 224 g/mol. The highest BCUT2D eigenvalue weighted by molar-refractivity contribution is 5.42. The first-order valence-electron chi connectivity index (χ1n) is 5.64. The maximum absolute atomic E-state index is 12.3. The highest BCUT2D eigenvalue weighted by Crippen LogP contribution is 2.19. The number of aromatic nitrogens is 1. The molecule has 0 unspecified atom stereocenters. The lowest BCUT2D eigenvalue weighted by molar-refractivity contribution is 0.156. The minimum absolute atomic E-state index is 0.250. The van der Waals surface area contributed by atoms with Gasteiger partial charge in [0.15, 0.2) is 0 Å². The number of nitrogens with two attached hydrogens (primary N) is 1. The van der Waals surface area contributed by atoms with Crippen LogP contribution in [0.2, 0.25) is 0 Å². The van der Waals surface area contributed by atoms with Gasteiger partial charge in [-0.3, -0.25) is 0 Å². The molecule has 0 fully saturated rings. The van der Waals surface area contributed by atoms with Crippen LogP contribution in [0.5, 0.6) is 0 Å². The summed E-state index contributed by atoms with van der Waals surface area (Å²) in [5, 5.41) is 0. The number of nitrogens with zero attached hydrogens (tertiary/aromatic N) is 2. The minimum atomic E-state index is -2.37. The Hall–Kier alpha value is -1.23. The number of hydrogen-bond acceptors (Lipinski definition) is 3. The molecule has 0 radical (unpaired) electrons. The summed E-state index contributed by atoms with van der Waals surface area (Å²) >= 11 is 0. The van der Waals surface area contributed by atoms with E-state index in [1.165, 1.54) is 4.90 Å². The first kappa shape index (κ1) is 13.8. The van der Waals surface area contributed by atoms with E-state index in [1.807, 2.05) is 19.9 Å². The molecule has 0 aromatic carbocycles. The lowest BCUT2D eigenvalue weighted by Crippen LogP contribution is -2.25. The second-order valence-corrected chi connectivity index (χ2v) is 4.39. The van der Waals surface area contributed by atoms with Crippen molar-refractivity contribution in [2.24, 2.45) is 5.73 Å². The van der Waals surface area contributed by atoms with E-state index in [-0.39, 0.29) is 12.5 Å². The van der Waals surface area contributed by atoms with Crippen molar-refractivity contribution in [3.63, 3.8) is 0 Å². The fourth-order valence-electron chi connectivity index (χ4n) is 1.50. The average Bonchev–Trinajstić information content (AvgIpc) is 2.27. The zero-order valence-electron chi connectivity index (χ0n) is 10.5. The van der Waals surface area contributed by atoms with Crippen LogP contribution in [0.3, 0.4) is 0 Å². The van der Waals surface area contributed by atoms with E-state index >= 15 is 0 Å². The Morgan fingerprint density at radius 1 is 1.35 bits per heavy atom. The molecule has 1 aromatic rings. The topological polar surface area (TPSA) is 42.1 Å². The molecule has 0 atom stereocenters. The molecular formula is C12H19F2N3. The van der Waals surface area contributed by atoms with Crippen LogP contribution >= 0.6 is 0 Å². The van der Waals surface area contributed by atoms with Gasteiger partial charge in [-0.1, -0.05) is 13.8 Å². The molecule has 0 saturated carbocycles. The van der Waals surface area contributed by atoms with E-state index in [0.29, 0.717) is 12.4 Å². The second kappa shape index (κ2) is 5.91. The average molecular weight is 243 g/mol. The Labute approximate surface area is 101 Å². The molecule has 0 aliphatic carbocycles. The summed E-state index contributed by atoms with van der Waals surface area (Å²) < 4.78 is 24.6. The van der Waals surface area contributed by atoms with Crippen LogP contribution in [-0.2, 0) is 6.54 Å². The molecule has 0 bridgehead atoms. The van der Waals surface area contributed by atoms with Crippen molar-refractivity contribution in [2.45, 2.75) is 32.7 Å². The van der Waals surface area contributed by atoms with Gasteiger partial charge < -0.3 is 10.6 Å². The fraction of sp³-hybridized carbons (Fsp3) is 0.583. The quantitative estimate of drug-likeness (QED) is 0.863. The molecule has 0 aliphatic heterocycles. The predicted octanol–water partition coefficient (Wildman–Crippen LogP) is 2.37. The normalized spacial score (nSPS) is 11.3. The van der Waals surface area contributed by atoms with Gasteiger partial charge in [0.25, 0.3) is 6.43 Å². The van der Waals surface area contributed by atoms with Crippen LogP contribution in [0, 0.1) is 0 Å². The van der Waals surface area contributed by atoms with Crippen molar-refractivity contribution >= 4 is 5.82 Å². The zero-order valence-corrected chi connectivity index (χ0v) is 10.5. The highest BCUT2D eigenvalue weighted by Gasteiger charge is 2.12. The standard InChI is InChI=1S/C12H19F2N3/c1-8(2)10-4-9(6-15)5-12(16-10)17(3)7-11(13)14/h4-5,8,11H,6-7,15H2,1-3H3. The maximum Gasteiger partial charge on any atom is 0.255 e. The molecule has 3 nitrogen and oxygen atoms in total. The van der Waals surface area contributed by atoms with Gasteiger partial charge >= 0.3 is 0 Å². The van der Waals surface area contributed by atoms with Crippen molar-refractivity contribution in [3.05, 3.63) is 23.4 Å². The summed E-state index contributed by atoms with van der Waals surface area (Å²) in [6, 6.07) is 3.68. The monoisotopic (exact) mass is 243 g/mol. The number of anilines is 1. The van der Waals surface area contributed by atoms with Gasteiger partial charge in [-0.2, -0.15) is 0 Å². The van der Waals surface area contributed by atoms with E-state index in [2.05, 4.69) is 4.98 Å². The molecule has 0 aliphatic rings. The van der Waals surface area contributed by atoms with Gasteiger partial charge in [0.05, 0.1) is 6.54 Å². The van der Waals surface area contributed by atoms with Gasteiger partial charge in [-0.05, 0) is 23.6 Å². The number of halogens is 2. The summed E-state index contributed by atoms with van der Waals surface area (Å²) in [6.07, 6.45) is -2.37. The van der Waals surface area contributed by atoms with Crippen molar-refractivity contribution in [1.82, 2.24) is 4.98 Å². The van der Waals surface area contributed by atoms with E-state index in [0.717, 1.165) is 11.3 Å². The van der Waals surface area contributed by atoms with Gasteiger partial charge in [0.2, 0.25) is 0 Å². The zero-order chi connectivity index (χ0) is 13.0. The number of alkyl halides is 2. The summed E-state index contributed by atoms with van der Waals surface area (Å²) in [4.78, 5) is 5.82. The van der Waals surface area contributed by atoms with Gasteiger partial charge in [-0.25, -0.2) is 13.8 Å². The summed E-state index contributed by atoms with van der Waals surface area (Å²) in [5.41, 5.74) is 7.39.